The SMILES string of the molecule is CN[C@H](C[C@@H](OCc1ccccc1)c1nc(C(=O)NC(Cc2ccccc2)CC(C)C(=O)O)cs1)C(C)C. The largest absolute Gasteiger partial charge is 0.481 e. The van der Waals surface area contributed by atoms with Crippen LogP contribution < -0.4 is 10.6 Å². The number of ether oxygens (including phenoxy) is 1. The summed E-state index contributed by atoms with van der Waals surface area (Å²) in [5, 5.41) is 18.4. The van der Waals surface area contributed by atoms with E-state index in [1.165, 1.54) is 11.3 Å². The van der Waals surface area contributed by atoms with Crippen LogP contribution in [0.25, 0.3) is 0 Å². The summed E-state index contributed by atoms with van der Waals surface area (Å²) in [5.41, 5.74) is 2.44. The number of nitrogens with one attached hydrogen (secondary N) is 2. The Morgan fingerprint density at radius 3 is 2.18 bits per heavy atom. The molecule has 3 N–H and O–H groups in total. The molecule has 8 heteroatoms. The number of amides is 1. The lowest BCUT2D eigenvalue weighted by atomic mass is 9.96. The van der Waals surface area contributed by atoms with Gasteiger partial charge in [0.05, 0.1) is 12.5 Å². The summed E-state index contributed by atoms with van der Waals surface area (Å²) in [4.78, 5) is 29.4. The summed E-state index contributed by atoms with van der Waals surface area (Å²) in [7, 11) is 1.95. The molecular weight excluding hydrogens is 498 g/mol. The van der Waals surface area contributed by atoms with Gasteiger partial charge < -0.3 is 20.5 Å². The molecule has 0 radical (unpaired) electrons. The van der Waals surface area contributed by atoms with E-state index in [0.29, 0.717) is 31.1 Å². The maximum Gasteiger partial charge on any atom is 0.306 e. The number of hydrogen-bond acceptors (Lipinski definition) is 6. The highest BCUT2D eigenvalue weighted by atomic mass is 32.1. The molecule has 4 atom stereocenters. The Kier molecular flexibility index (Phi) is 11.5. The van der Waals surface area contributed by atoms with Gasteiger partial charge >= 0.3 is 5.97 Å². The standard InChI is InChI=1S/C30H39N3O4S/c1-20(2)25(31-4)17-27(37-18-23-13-9-6-10-14-23)29-33-26(19-38-29)28(34)32-24(15-21(3)30(35)36)16-22-11-7-5-8-12-22/h5-14,19-21,24-25,27,31H,15-18H2,1-4H3,(H,32,34)(H,35,36)/t21?,24?,25-,27-/m1/s1. The molecular formula is C30H39N3O4S. The molecule has 7 nitrogen and oxygen atoms in total. The molecule has 0 aliphatic rings. The van der Waals surface area contributed by atoms with E-state index >= 15 is 0 Å². The third-order valence-corrected chi connectivity index (χ3v) is 7.62. The van der Waals surface area contributed by atoms with Gasteiger partial charge in [-0.05, 0) is 43.4 Å². The fourth-order valence-corrected chi connectivity index (χ4v) is 5.24. The summed E-state index contributed by atoms with van der Waals surface area (Å²) in [6.45, 7) is 6.45. The molecule has 1 aromatic heterocycles. The Bertz CT molecular complexity index is 1140. The van der Waals surface area contributed by atoms with E-state index in [1.54, 1.807) is 12.3 Å². The molecule has 0 aliphatic carbocycles. The summed E-state index contributed by atoms with van der Waals surface area (Å²) >= 11 is 1.42. The quantitative estimate of drug-likeness (QED) is 0.237. The van der Waals surface area contributed by atoms with Crippen LogP contribution in [0.4, 0.5) is 0 Å². The predicted octanol–water partition coefficient (Wildman–Crippen LogP) is 5.49. The van der Waals surface area contributed by atoms with E-state index < -0.39 is 11.9 Å². The lowest BCUT2D eigenvalue weighted by Crippen LogP contribution is -2.38. The van der Waals surface area contributed by atoms with Gasteiger partial charge in [0.2, 0.25) is 0 Å². The molecule has 2 aromatic carbocycles. The number of aromatic nitrogens is 1. The number of hydrogen-bond donors (Lipinski definition) is 3. The van der Waals surface area contributed by atoms with Gasteiger partial charge in [0.15, 0.2) is 0 Å². The third kappa shape index (κ3) is 9.04. The number of rotatable bonds is 15. The molecule has 1 amide bonds. The molecule has 0 saturated carbocycles. The molecule has 0 fully saturated rings. The minimum absolute atomic E-state index is 0.227. The summed E-state index contributed by atoms with van der Waals surface area (Å²) in [6.07, 6.45) is 1.33. The van der Waals surface area contributed by atoms with Crippen molar-refractivity contribution in [3.63, 3.8) is 0 Å². The zero-order chi connectivity index (χ0) is 27.5. The molecule has 3 aromatic rings. The number of benzene rings is 2. The lowest BCUT2D eigenvalue weighted by molar-refractivity contribution is -0.141. The fourth-order valence-electron chi connectivity index (χ4n) is 4.38. The first-order valence-electron chi connectivity index (χ1n) is 13.1. The number of carbonyl (C=O) groups excluding carboxylic acids is 1. The van der Waals surface area contributed by atoms with Crippen LogP contribution in [0.5, 0.6) is 0 Å². The van der Waals surface area contributed by atoms with Gasteiger partial charge in [0.1, 0.15) is 16.8 Å². The van der Waals surface area contributed by atoms with Crippen LogP contribution in [0.2, 0.25) is 0 Å². The Labute approximate surface area is 229 Å². The molecule has 3 rings (SSSR count). The van der Waals surface area contributed by atoms with Crippen LogP contribution in [0.15, 0.2) is 66.0 Å². The van der Waals surface area contributed by atoms with Crippen molar-refractivity contribution in [3.05, 3.63) is 87.9 Å². The van der Waals surface area contributed by atoms with E-state index in [0.717, 1.165) is 22.6 Å². The Morgan fingerprint density at radius 2 is 1.61 bits per heavy atom. The van der Waals surface area contributed by atoms with E-state index in [1.807, 2.05) is 67.7 Å². The number of nitrogens with zero attached hydrogens (tertiary/aromatic N) is 1. The summed E-state index contributed by atoms with van der Waals surface area (Å²) in [6, 6.07) is 19.7. The zero-order valence-corrected chi connectivity index (χ0v) is 23.4. The maximum absolute atomic E-state index is 13.2. The first-order valence-corrected chi connectivity index (χ1v) is 14.0. The van der Waals surface area contributed by atoms with Crippen LogP contribution in [0, 0.1) is 11.8 Å². The molecule has 0 spiro atoms. The van der Waals surface area contributed by atoms with Gasteiger partial charge in [-0.25, -0.2) is 4.98 Å². The van der Waals surface area contributed by atoms with Crippen molar-refractivity contribution in [1.29, 1.82) is 0 Å². The topological polar surface area (TPSA) is 101 Å². The van der Waals surface area contributed by atoms with Crippen molar-refractivity contribution < 1.29 is 19.4 Å². The first-order chi connectivity index (χ1) is 18.3. The molecule has 0 bridgehead atoms. The highest BCUT2D eigenvalue weighted by Gasteiger charge is 2.26. The summed E-state index contributed by atoms with van der Waals surface area (Å²) < 4.78 is 6.34. The van der Waals surface area contributed by atoms with Gasteiger partial charge in [0.25, 0.3) is 5.91 Å². The molecule has 0 saturated heterocycles. The minimum Gasteiger partial charge on any atom is -0.481 e. The number of carbonyl (C=O) groups is 2. The molecule has 0 aliphatic heterocycles. The third-order valence-electron chi connectivity index (χ3n) is 6.69. The number of carboxylic acids is 1. The lowest BCUT2D eigenvalue weighted by Gasteiger charge is -2.25. The van der Waals surface area contributed by atoms with Crippen molar-refractivity contribution in [2.45, 2.75) is 64.8 Å². The van der Waals surface area contributed by atoms with Crippen molar-refractivity contribution in [3.8, 4) is 0 Å². The van der Waals surface area contributed by atoms with Crippen molar-refractivity contribution >= 4 is 23.2 Å². The Balaban J connectivity index is 1.75. The molecule has 1 heterocycles. The normalized spacial score (nSPS) is 14.6. The van der Waals surface area contributed by atoms with E-state index in [4.69, 9.17) is 4.74 Å². The van der Waals surface area contributed by atoms with Crippen LogP contribution >= 0.6 is 11.3 Å². The van der Waals surface area contributed by atoms with Crippen molar-refractivity contribution in [1.82, 2.24) is 15.6 Å². The monoisotopic (exact) mass is 537 g/mol. The molecule has 38 heavy (non-hydrogen) atoms. The Morgan fingerprint density at radius 1 is 0.974 bits per heavy atom. The maximum atomic E-state index is 13.2. The minimum atomic E-state index is -0.879. The van der Waals surface area contributed by atoms with Crippen LogP contribution in [0.1, 0.15) is 66.3 Å². The van der Waals surface area contributed by atoms with Gasteiger partial charge in [-0.1, -0.05) is 81.4 Å². The van der Waals surface area contributed by atoms with Crippen molar-refractivity contribution in [2.24, 2.45) is 11.8 Å². The molecule has 2 unspecified atom stereocenters. The van der Waals surface area contributed by atoms with Crippen LogP contribution in [-0.4, -0.2) is 41.1 Å². The highest BCUT2D eigenvalue weighted by Crippen LogP contribution is 2.29. The average Bonchev–Trinajstić information content (AvgIpc) is 3.40. The molecule has 204 valence electrons. The van der Waals surface area contributed by atoms with E-state index in [2.05, 4.69) is 29.5 Å². The second-order valence-corrected chi connectivity index (χ2v) is 11.0. The van der Waals surface area contributed by atoms with Crippen LogP contribution in [-0.2, 0) is 22.6 Å². The van der Waals surface area contributed by atoms with Gasteiger partial charge in [-0.3, -0.25) is 9.59 Å². The van der Waals surface area contributed by atoms with Gasteiger partial charge in [-0.15, -0.1) is 11.3 Å². The highest BCUT2D eigenvalue weighted by molar-refractivity contribution is 7.09. The van der Waals surface area contributed by atoms with Crippen molar-refractivity contribution in [2.75, 3.05) is 7.05 Å². The smallest absolute Gasteiger partial charge is 0.306 e. The second-order valence-electron chi connectivity index (χ2n) is 10.1. The van der Waals surface area contributed by atoms with E-state index in [9.17, 15) is 14.7 Å². The number of thiazole rings is 1. The fraction of sp³-hybridized carbons (Fsp3) is 0.433. The second kappa shape index (κ2) is 14.8. The summed E-state index contributed by atoms with van der Waals surface area (Å²) in [5.74, 6) is -1.36. The first kappa shape index (κ1) is 29.5. The number of carboxylic acid groups (broad SMARTS) is 1. The average molecular weight is 538 g/mol. The predicted molar refractivity (Wildman–Crippen MR) is 151 cm³/mol. The van der Waals surface area contributed by atoms with Crippen LogP contribution in [0.3, 0.4) is 0 Å². The van der Waals surface area contributed by atoms with Gasteiger partial charge in [-0.2, -0.15) is 0 Å². The number of aliphatic carboxylic acids is 1. The Hall–Kier alpha value is -3.07. The zero-order valence-electron chi connectivity index (χ0n) is 22.6. The van der Waals surface area contributed by atoms with Gasteiger partial charge in [0, 0.05) is 17.5 Å². The van der Waals surface area contributed by atoms with E-state index in [-0.39, 0.29) is 24.1 Å².